The van der Waals surface area contributed by atoms with Gasteiger partial charge in [0, 0.05) is 19.5 Å². The van der Waals surface area contributed by atoms with Gasteiger partial charge in [-0.25, -0.2) is 0 Å². The zero-order valence-electron chi connectivity index (χ0n) is 7.54. The molecular formula is C8H14N4. The molecule has 1 aromatic heterocycles. The third kappa shape index (κ3) is 1.03. The molecule has 0 fully saturated rings. The van der Waals surface area contributed by atoms with Crippen LogP contribution < -0.4 is 5.32 Å². The fourth-order valence-corrected chi connectivity index (χ4v) is 1.66. The molecule has 0 spiro atoms. The van der Waals surface area contributed by atoms with Gasteiger partial charge in [-0.2, -0.15) is 0 Å². The summed E-state index contributed by atoms with van der Waals surface area (Å²) >= 11 is 0. The van der Waals surface area contributed by atoms with E-state index in [9.17, 15) is 0 Å². The van der Waals surface area contributed by atoms with E-state index in [4.69, 9.17) is 0 Å². The van der Waals surface area contributed by atoms with Gasteiger partial charge < -0.3 is 9.88 Å². The highest BCUT2D eigenvalue weighted by Gasteiger charge is 2.19. The number of hydrogen-bond acceptors (Lipinski definition) is 3. The van der Waals surface area contributed by atoms with Crippen LogP contribution >= 0.6 is 0 Å². The number of fused-ring (bicyclic) bond motifs is 1. The second-order valence-electron chi connectivity index (χ2n) is 3.16. The van der Waals surface area contributed by atoms with Crippen molar-refractivity contribution in [3.05, 3.63) is 11.6 Å². The van der Waals surface area contributed by atoms with Crippen LogP contribution in [0.5, 0.6) is 0 Å². The van der Waals surface area contributed by atoms with Gasteiger partial charge in [0.05, 0.1) is 6.04 Å². The Labute approximate surface area is 72.0 Å². The number of aryl methyl sites for hydroxylation is 1. The minimum absolute atomic E-state index is 0.353. The largest absolute Gasteiger partial charge is 0.312 e. The first-order valence-electron chi connectivity index (χ1n) is 4.48. The second kappa shape index (κ2) is 2.86. The van der Waals surface area contributed by atoms with Gasteiger partial charge in [0.15, 0.2) is 0 Å². The number of rotatable bonds is 1. The SMILES string of the molecule is CCc1nnc2n1CCNC2C. The van der Waals surface area contributed by atoms with Gasteiger partial charge in [-0.3, -0.25) is 0 Å². The molecule has 0 saturated carbocycles. The van der Waals surface area contributed by atoms with Crippen LogP contribution in [0.15, 0.2) is 0 Å². The monoisotopic (exact) mass is 166 g/mol. The summed E-state index contributed by atoms with van der Waals surface area (Å²) in [5.74, 6) is 2.19. The van der Waals surface area contributed by atoms with Crippen LogP contribution in [0.3, 0.4) is 0 Å². The highest BCUT2D eigenvalue weighted by molar-refractivity contribution is 5.02. The molecule has 2 rings (SSSR count). The Hall–Kier alpha value is -0.900. The zero-order chi connectivity index (χ0) is 8.55. The molecule has 0 bridgehead atoms. The van der Waals surface area contributed by atoms with E-state index in [0.29, 0.717) is 6.04 Å². The molecule has 0 aromatic carbocycles. The van der Waals surface area contributed by atoms with Gasteiger partial charge in [0.2, 0.25) is 0 Å². The van der Waals surface area contributed by atoms with E-state index in [2.05, 4.69) is 33.9 Å². The molecule has 4 heteroatoms. The lowest BCUT2D eigenvalue weighted by Crippen LogP contribution is -2.32. The molecule has 1 atom stereocenters. The summed E-state index contributed by atoms with van der Waals surface area (Å²) in [5.41, 5.74) is 0. The van der Waals surface area contributed by atoms with Gasteiger partial charge in [-0.05, 0) is 6.92 Å². The maximum atomic E-state index is 4.16. The minimum atomic E-state index is 0.353. The Morgan fingerprint density at radius 3 is 3.17 bits per heavy atom. The molecule has 0 saturated heterocycles. The Morgan fingerprint density at radius 2 is 2.42 bits per heavy atom. The van der Waals surface area contributed by atoms with Crippen LogP contribution in [0.1, 0.15) is 31.5 Å². The van der Waals surface area contributed by atoms with Crippen molar-refractivity contribution in [3.8, 4) is 0 Å². The number of hydrogen-bond donors (Lipinski definition) is 1. The summed E-state index contributed by atoms with van der Waals surface area (Å²) in [6, 6.07) is 0.353. The van der Waals surface area contributed by atoms with Gasteiger partial charge in [-0.15, -0.1) is 10.2 Å². The van der Waals surface area contributed by atoms with Crippen LogP contribution in [0.2, 0.25) is 0 Å². The Morgan fingerprint density at radius 1 is 1.58 bits per heavy atom. The third-order valence-corrected chi connectivity index (χ3v) is 2.35. The van der Waals surface area contributed by atoms with Crippen LogP contribution in [-0.4, -0.2) is 21.3 Å². The molecular weight excluding hydrogens is 152 g/mol. The molecule has 12 heavy (non-hydrogen) atoms. The van der Waals surface area contributed by atoms with E-state index >= 15 is 0 Å². The van der Waals surface area contributed by atoms with E-state index < -0.39 is 0 Å². The minimum Gasteiger partial charge on any atom is -0.312 e. The molecule has 1 aliphatic rings. The average Bonchev–Trinajstić information content (AvgIpc) is 2.49. The second-order valence-corrected chi connectivity index (χ2v) is 3.16. The van der Waals surface area contributed by atoms with E-state index in [1.165, 1.54) is 0 Å². The number of aromatic nitrogens is 3. The lowest BCUT2D eigenvalue weighted by molar-refractivity contribution is 0.430. The normalized spacial score (nSPS) is 22.3. The Balaban J connectivity index is 2.41. The standard InChI is InChI=1S/C8H14N4/c1-3-7-10-11-8-6(2)9-4-5-12(7)8/h6,9H,3-5H2,1-2H3. The summed E-state index contributed by atoms with van der Waals surface area (Å²) < 4.78 is 2.22. The Bertz CT molecular complexity index is 279. The van der Waals surface area contributed by atoms with Crippen molar-refractivity contribution in [1.82, 2.24) is 20.1 Å². The Kier molecular flexibility index (Phi) is 1.84. The summed E-state index contributed by atoms with van der Waals surface area (Å²) in [4.78, 5) is 0. The average molecular weight is 166 g/mol. The summed E-state index contributed by atoms with van der Waals surface area (Å²) in [6.07, 6.45) is 0.972. The van der Waals surface area contributed by atoms with Gasteiger partial charge in [0.25, 0.3) is 0 Å². The fourth-order valence-electron chi connectivity index (χ4n) is 1.66. The number of nitrogens with zero attached hydrogens (tertiary/aromatic N) is 3. The predicted octanol–water partition coefficient (Wildman–Crippen LogP) is 0.505. The van der Waals surface area contributed by atoms with E-state index in [-0.39, 0.29) is 0 Å². The van der Waals surface area contributed by atoms with E-state index in [1.54, 1.807) is 0 Å². The fraction of sp³-hybridized carbons (Fsp3) is 0.750. The van der Waals surface area contributed by atoms with Crippen molar-refractivity contribution < 1.29 is 0 Å². The van der Waals surface area contributed by atoms with E-state index in [0.717, 1.165) is 31.2 Å². The van der Waals surface area contributed by atoms with Crippen LogP contribution in [0.25, 0.3) is 0 Å². The molecule has 0 radical (unpaired) electrons. The van der Waals surface area contributed by atoms with Crippen molar-refractivity contribution in [2.45, 2.75) is 32.9 Å². The first-order valence-corrected chi connectivity index (χ1v) is 4.48. The zero-order valence-corrected chi connectivity index (χ0v) is 7.54. The molecule has 66 valence electrons. The van der Waals surface area contributed by atoms with Gasteiger partial charge in [0.1, 0.15) is 11.6 Å². The van der Waals surface area contributed by atoms with Crippen LogP contribution in [-0.2, 0) is 13.0 Å². The van der Waals surface area contributed by atoms with E-state index in [1.807, 2.05) is 0 Å². The van der Waals surface area contributed by atoms with Crippen LogP contribution in [0.4, 0.5) is 0 Å². The lowest BCUT2D eigenvalue weighted by Gasteiger charge is -2.21. The molecule has 0 aliphatic carbocycles. The summed E-state index contributed by atoms with van der Waals surface area (Å²) in [6.45, 7) is 6.28. The van der Waals surface area contributed by atoms with Crippen molar-refractivity contribution in [2.75, 3.05) is 6.54 Å². The van der Waals surface area contributed by atoms with Crippen molar-refractivity contribution in [1.29, 1.82) is 0 Å². The molecule has 2 heterocycles. The molecule has 1 aliphatic heterocycles. The summed E-state index contributed by atoms with van der Waals surface area (Å²) in [7, 11) is 0. The lowest BCUT2D eigenvalue weighted by atomic mass is 10.2. The molecule has 1 aromatic rings. The first kappa shape index (κ1) is 7.73. The van der Waals surface area contributed by atoms with Gasteiger partial charge in [-0.1, -0.05) is 6.92 Å². The van der Waals surface area contributed by atoms with Crippen molar-refractivity contribution in [3.63, 3.8) is 0 Å². The summed E-state index contributed by atoms with van der Waals surface area (Å²) in [5, 5.41) is 11.7. The quantitative estimate of drug-likeness (QED) is 0.660. The molecule has 0 amide bonds. The third-order valence-electron chi connectivity index (χ3n) is 2.35. The maximum Gasteiger partial charge on any atom is 0.149 e. The predicted molar refractivity (Wildman–Crippen MR) is 45.8 cm³/mol. The molecule has 1 unspecified atom stereocenters. The van der Waals surface area contributed by atoms with Crippen molar-refractivity contribution >= 4 is 0 Å². The van der Waals surface area contributed by atoms with Gasteiger partial charge >= 0.3 is 0 Å². The maximum absolute atomic E-state index is 4.16. The topological polar surface area (TPSA) is 42.7 Å². The molecule has 1 N–H and O–H groups in total. The molecule has 4 nitrogen and oxygen atoms in total. The highest BCUT2D eigenvalue weighted by atomic mass is 15.3. The van der Waals surface area contributed by atoms with Crippen molar-refractivity contribution in [2.24, 2.45) is 0 Å². The van der Waals surface area contributed by atoms with Crippen LogP contribution in [0, 0.1) is 0 Å². The number of nitrogens with one attached hydrogen (secondary N) is 1. The highest BCUT2D eigenvalue weighted by Crippen LogP contribution is 2.15. The first-order chi connectivity index (χ1) is 5.83. The smallest absolute Gasteiger partial charge is 0.149 e.